The van der Waals surface area contributed by atoms with Crippen LogP contribution >= 0.6 is 0 Å². The van der Waals surface area contributed by atoms with Gasteiger partial charge in [-0.2, -0.15) is 0 Å². The first kappa shape index (κ1) is 66.3. The zero-order chi connectivity index (χ0) is 61.9. The minimum absolute atomic E-state index is 0.0266. The van der Waals surface area contributed by atoms with E-state index in [-0.39, 0.29) is 35.1 Å². The van der Waals surface area contributed by atoms with Crippen molar-refractivity contribution in [2.45, 2.75) is 136 Å². The fourth-order valence-corrected chi connectivity index (χ4v) is 7.75. The smallest absolute Gasteiger partial charge is 0.418 e. The molecule has 0 spiro atoms. The summed E-state index contributed by atoms with van der Waals surface area (Å²) < 4.78 is 15.7. The summed E-state index contributed by atoms with van der Waals surface area (Å²) in [4.78, 5) is 89.5. The average Bonchev–Trinajstić information content (AvgIpc) is 3.56. The molecular weight excluding hydrogens is 1030 g/mol. The van der Waals surface area contributed by atoms with Crippen molar-refractivity contribution < 1.29 is 47.8 Å². The number of benzene rings is 6. The second kappa shape index (κ2) is 26.6. The summed E-state index contributed by atoms with van der Waals surface area (Å²) in [7, 11) is 3.26. The van der Waals surface area contributed by atoms with E-state index in [2.05, 4.69) is 5.32 Å². The first-order valence-electron chi connectivity index (χ1n) is 27.4. The molecule has 0 aliphatic rings. The Morgan fingerprint density at radius 3 is 0.780 bits per heavy atom. The molecule has 0 radical (unpaired) electrons. The third-order valence-corrected chi connectivity index (χ3v) is 12.2. The van der Waals surface area contributed by atoms with E-state index in [0.717, 1.165) is 22.7 Å². The lowest BCUT2D eigenvalue weighted by molar-refractivity contribution is 0.00570. The predicted molar refractivity (Wildman–Crippen MR) is 330 cm³/mol. The highest BCUT2D eigenvalue weighted by Gasteiger charge is 2.28. The molecular formula is C69H85N3O10. The van der Waals surface area contributed by atoms with Crippen molar-refractivity contribution in [1.82, 2.24) is 0 Å². The highest BCUT2D eigenvalue weighted by atomic mass is 16.6. The number of anilines is 6. The van der Waals surface area contributed by atoms with E-state index < -0.39 is 39.0 Å². The number of rotatable bonds is 12. The molecule has 1 N–H and O–H groups in total. The summed E-state index contributed by atoms with van der Waals surface area (Å²) in [6.45, 7) is 33.8. The Morgan fingerprint density at radius 1 is 0.329 bits per heavy atom. The number of hydrogen-bond donors (Lipinski definition) is 1. The van der Waals surface area contributed by atoms with Gasteiger partial charge in [-0.05, 0) is 187 Å². The van der Waals surface area contributed by atoms with E-state index in [1.165, 1.54) is 12.0 Å². The highest BCUT2D eigenvalue weighted by Crippen LogP contribution is 2.32. The number of esters is 2. The zero-order valence-corrected chi connectivity index (χ0v) is 51.8. The SMILES string of the molecule is CC(C)(C)OC(=O)c1ccc(Nc2ccc(C(=O)C(C)(C)C)cc2)cc1.CN(c1ccc(C(=O)OC(C)(C)C)cc1)c1ccc(C(=O)C(C)(C)C)cc1.COC(=O)N(c1ccc(C(=O)C(C)(C)C)cc1)c1ccc(C(=O)C(C)(C)C)cc1. The minimum atomic E-state index is -0.560. The second-order valence-corrected chi connectivity index (χ2v) is 26.2. The van der Waals surface area contributed by atoms with Gasteiger partial charge in [0, 0.05) is 73.7 Å². The van der Waals surface area contributed by atoms with Crippen LogP contribution in [-0.4, -0.2) is 66.5 Å². The second-order valence-electron chi connectivity index (χ2n) is 26.2. The minimum Gasteiger partial charge on any atom is -0.456 e. The molecule has 436 valence electrons. The number of hydrogen-bond acceptors (Lipinski definition) is 12. The van der Waals surface area contributed by atoms with Crippen LogP contribution in [0.25, 0.3) is 0 Å². The highest BCUT2D eigenvalue weighted by molar-refractivity contribution is 6.03. The fourth-order valence-electron chi connectivity index (χ4n) is 7.75. The van der Waals surface area contributed by atoms with Crippen molar-refractivity contribution in [3.05, 3.63) is 179 Å². The van der Waals surface area contributed by atoms with E-state index >= 15 is 0 Å². The fraction of sp³-hybridized carbons (Fsp3) is 0.377. The lowest BCUT2D eigenvalue weighted by Crippen LogP contribution is -2.26. The Kier molecular flexibility index (Phi) is 21.5. The number of carbonyl (C=O) groups excluding carboxylic acids is 7. The Morgan fingerprint density at radius 2 is 0.549 bits per heavy atom. The van der Waals surface area contributed by atoms with Gasteiger partial charge in [0.1, 0.15) is 11.2 Å². The predicted octanol–water partition coefficient (Wildman–Crippen LogP) is 17.3. The Bertz CT molecular complexity index is 3100. The number of Topliss-reactive ketones (excluding diaryl/α,β-unsaturated/α-hetero) is 4. The maximum atomic E-state index is 12.5. The number of nitrogens with one attached hydrogen (secondary N) is 1. The van der Waals surface area contributed by atoms with Crippen LogP contribution in [0.4, 0.5) is 38.9 Å². The lowest BCUT2D eigenvalue weighted by Gasteiger charge is -2.23. The van der Waals surface area contributed by atoms with Crippen molar-refractivity contribution in [2.75, 3.05) is 29.3 Å². The van der Waals surface area contributed by atoms with Crippen LogP contribution in [0.5, 0.6) is 0 Å². The normalized spacial score (nSPS) is 11.8. The zero-order valence-electron chi connectivity index (χ0n) is 51.8. The molecule has 1 amide bonds. The molecule has 0 aromatic heterocycles. The van der Waals surface area contributed by atoms with Gasteiger partial charge in [0.25, 0.3) is 0 Å². The van der Waals surface area contributed by atoms with Gasteiger partial charge >= 0.3 is 18.0 Å². The maximum Gasteiger partial charge on any atom is 0.418 e. The largest absolute Gasteiger partial charge is 0.456 e. The molecule has 82 heavy (non-hydrogen) atoms. The van der Waals surface area contributed by atoms with Gasteiger partial charge in [-0.1, -0.05) is 83.1 Å². The molecule has 6 aromatic rings. The number of amides is 1. The molecule has 0 unspecified atom stereocenters. The van der Waals surface area contributed by atoms with E-state index in [4.69, 9.17) is 14.2 Å². The first-order valence-corrected chi connectivity index (χ1v) is 27.4. The summed E-state index contributed by atoms with van der Waals surface area (Å²) in [5.74, 6) is -0.377. The van der Waals surface area contributed by atoms with Crippen LogP contribution in [0.2, 0.25) is 0 Å². The van der Waals surface area contributed by atoms with Crippen LogP contribution in [0.1, 0.15) is 187 Å². The average molecular weight is 1120 g/mol. The van der Waals surface area contributed by atoms with Gasteiger partial charge in [-0.3, -0.25) is 19.2 Å². The Hall–Kier alpha value is -8.19. The summed E-state index contributed by atoms with van der Waals surface area (Å²) >= 11 is 0. The van der Waals surface area contributed by atoms with Crippen LogP contribution in [-0.2, 0) is 14.2 Å². The summed E-state index contributed by atoms with van der Waals surface area (Å²) in [5.41, 5.74) is 5.57. The number of methoxy groups -OCH3 is 1. The molecule has 0 aliphatic heterocycles. The van der Waals surface area contributed by atoms with E-state index in [1.807, 2.05) is 209 Å². The van der Waals surface area contributed by atoms with Crippen LogP contribution in [0, 0.1) is 21.7 Å². The molecule has 13 heteroatoms. The van der Waals surface area contributed by atoms with E-state index in [1.54, 1.807) is 72.8 Å². The van der Waals surface area contributed by atoms with Gasteiger partial charge in [0.2, 0.25) is 0 Å². The molecule has 0 atom stereocenters. The standard InChI is InChI=1S/C24H29NO4.C23H29NO3.C22H27NO3/c1-23(2,3)20(26)16-8-12-18(13-9-16)25(22(28)29-7)19-14-10-17(11-15-19)21(27)24(4,5)6;1-22(2,3)20(25)16-8-12-18(13-9-16)24(7)19-14-10-17(11-15-19)21(26)27-23(4,5)6;1-21(2,3)19(24)15-7-11-17(12-8-15)23-18-13-9-16(10-14-18)20(25)26-22(4,5)6/h8-15H,1-7H3;8-15H,1-7H3;7-14,23H,1-6H3. The third-order valence-electron chi connectivity index (χ3n) is 12.2. The molecule has 0 saturated carbocycles. The van der Waals surface area contributed by atoms with Crippen LogP contribution < -0.4 is 15.1 Å². The van der Waals surface area contributed by atoms with Gasteiger partial charge in [-0.25, -0.2) is 19.3 Å². The summed E-state index contributed by atoms with van der Waals surface area (Å²) in [6.07, 6.45) is -0.560. The number of carbonyl (C=O) groups is 7. The molecule has 0 saturated heterocycles. The van der Waals surface area contributed by atoms with Gasteiger partial charge in [0.05, 0.1) is 29.6 Å². The number of nitrogens with zero attached hydrogens (tertiary/aromatic N) is 2. The van der Waals surface area contributed by atoms with Crippen molar-refractivity contribution in [3.8, 4) is 0 Å². The maximum absolute atomic E-state index is 12.5. The van der Waals surface area contributed by atoms with Gasteiger partial charge in [-0.15, -0.1) is 0 Å². The Labute approximate surface area is 486 Å². The lowest BCUT2D eigenvalue weighted by atomic mass is 9.86. The summed E-state index contributed by atoms with van der Waals surface area (Å²) in [6, 6.07) is 43.0. The summed E-state index contributed by atoms with van der Waals surface area (Å²) in [5, 5.41) is 3.26. The molecule has 6 aromatic carbocycles. The van der Waals surface area contributed by atoms with Crippen molar-refractivity contribution in [2.24, 2.45) is 21.7 Å². The first-order chi connectivity index (χ1) is 37.7. The number of ketones is 4. The Balaban J connectivity index is 0.000000265. The third kappa shape index (κ3) is 19.5. The van der Waals surface area contributed by atoms with Crippen molar-refractivity contribution >= 4 is 75.3 Å². The van der Waals surface area contributed by atoms with Crippen LogP contribution in [0.15, 0.2) is 146 Å². The van der Waals surface area contributed by atoms with E-state index in [0.29, 0.717) is 44.8 Å². The number of ether oxygens (including phenoxy) is 3. The van der Waals surface area contributed by atoms with Gasteiger partial charge in [0.15, 0.2) is 23.1 Å². The molecule has 13 nitrogen and oxygen atoms in total. The van der Waals surface area contributed by atoms with Gasteiger partial charge < -0.3 is 24.4 Å². The van der Waals surface area contributed by atoms with Crippen molar-refractivity contribution in [3.63, 3.8) is 0 Å². The monoisotopic (exact) mass is 1120 g/mol. The quantitative estimate of drug-likeness (QED) is 0.0701. The molecule has 0 fully saturated rings. The van der Waals surface area contributed by atoms with E-state index in [9.17, 15) is 33.6 Å². The topological polar surface area (TPSA) is 166 Å². The molecule has 6 rings (SSSR count). The molecule has 0 bridgehead atoms. The van der Waals surface area contributed by atoms with Crippen LogP contribution in [0.3, 0.4) is 0 Å². The molecule has 0 heterocycles. The molecule has 0 aliphatic carbocycles. The van der Waals surface area contributed by atoms with Crippen molar-refractivity contribution in [1.29, 1.82) is 0 Å².